The van der Waals surface area contributed by atoms with E-state index < -0.39 is 0 Å². The first-order valence-electron chi connectivity index (χ1n) is 4.93. The quantitative estimate of drug-likeness (QED) is 0.869. The number of benzene rings is 1. The maximum atomic E-state index is 9.50. The lowest BCUT2D eigenvalue weighted by atomic mass is 10.1. The fraction of sp³-hybridized carbons (Fsp3) is 0.250. The third-order valence-corrected chi connectivity index (χ3v) is 3.42. The number of nitrogens with zero attached hydrogens (tertiary/aromatic N) is 1. The second-order valence-corrected chi connectivity index (χ2v) is 4.57. The Hall–Kier alpha value is -1.55. The van der Waals surface area contributed by atoms with Gasteiger partial charge in [0.25, 0.3) is 0 Å². The van der Waals surface area contributed by atoms with Crippen molar-refractivity contribution in [2.45, 2.75) is 13.8 Å². The van der Waals surface area contributed by atoms with Gasteiger partial charge in [-0.05, 0) is 37.6 Å². The molecule has 0 aliphatic rings. The van der Waals surface area contributed by atoms with Crippen molar-refractivity contribution >= 4 is 11.3 Å². The number of aromatic nitrogens is 1. The molecule has 0 spiro atoms. The van der Waals surface area contributed by atoms with E-state index >= 15 is 0 Å². The first-order chi connectivity index (χ1) is 7.61. The summed E-state index contributed by atoms with van der Waals surface area (Å²) in [5.74, 6) is 0.862. The van der Waals surface area contributed by atoms with Crippen molar-refractivity contribution in [3.8, 4) is 21.4 Å². The predicted molar refractivity (Wildman–Crippen MR) is 65.2 cm³/mol. The lowest BCUT2D eigenvalue weighted by molar-refractivity contribution is 0.412. The molecule has 0 radical (unpaired) electrons. The maximum Gasteiger partial charge on any atom is 0.195 e. The van der Waals surface area contributed by atoms with Crippen LogP contribution in [0.1, 0.15) is 11.3 Å². The fourth-order valence-corrected chi connectivity index (χ4v) is 2.33. The molecule has 2 rings (SSSR count). The van der Waals surface area contributed by atoms with Crippen LogP contribution in [-0.2, 0) is 0 Å². The van der Waals surface area contributed by atoms with Gasteiger partial charge in [0.1, 0.15) is 10.8 Å². The van der Waals surface area contributed by atoms with Gasteiger partial charge in [-0.15, -0.1) is 0 Å². The molecule has 1 N–H and O–H groups in total. The van der Waals surface area contributed by atoms with Crippen molar-refractivity contribution in [1.29, 1.82) is 0 Å². The van der Waals surface area contributed by atoms with Gasteiger partial charge in [0.15, 0.2) is 5.06 Å². The van der Waals surface area contributed by atoms with Gasteiger partial charge in [-0.1, -0.05) is 11.3 Å². The third-order valence-electron chi connectivity index (χ3n) is 2.41. The summed E-state index contributed by atoms with van der Waals surface area (Å²) in [7, 11) is 1.65. The molecule has 4 heteroatoms. The van der Waals surface area contributed by atoms with Crippen LogP contribution in [-0.4, -0.2) is 17.2 Å². The summed E-state index contributed by atoms with van der Waals surface area (Å²) in [4.78, 5) is 4.30. The van der Waals surface area contributed by atoms with Gasteiger partial charge in [-0.25, -0.2) is 4.98 Å². The monoisotopic (exact) mass is 235 g/mol. The summed E-state index contributed by atoms with van der Waals surface area (Å²) in [6, 6.07) is 5.87. The molecule has 1 aromatic heterocycles. The number of rotatable bonds is 2. The van der Waals surface area contributed by atoms with Crippen LogP contribution in [0.25, 0.3) is 10.6 Å². The molecule has 1 heterocycles. The first kappa shape index (κ1) is 11.0. The zero-order valence-corrected chi connectivity index (χ0v) is 10.3. The molecular weight excluding hydrogens is 222 g/mol. The predicted octanol–water partition coefficient (Wildman–Crippen LogP) is 3.14. The van der Waals surface area contributed by atoms with Crippen LogP contribution in [0, 0.1) is 13.8 Å². The summed E-state index contributed by atoms with van der Waals surface area (Å²) >= 11 is 1.29. The minimum atomic E-state index is 0.281. The van der Waals surface area contributed by atoms with E-state index in [9.17, 15) is 5.11 Å². The van der Waals surface area contributed by atoms with Gasteiger partial charge in [-0.2, -0.15) is 0 Å². The van der Waals surface area contributed by atoms with E-state index in [1.165, 1.54) is 11.3 Å². The fourth-order valence-electron chi connectivity index (χ4n) is 1.52. The van der Waals surface area contributed by atoms with Gasteiger partial charge in [0.05, 0.1) is 12.8 Å². The molecule has 0 amide bonds. The van der Waals surface area contributed by atoms with E-state index in [-0.39, 0.29) is 5.06 Å². The van der Waals surface area contributed by atoms with E-state index in [2.05, 4.69) is 4.98 Å². The van der Waals surface area contributed by atoms with E-state index in [4.69, 9.17) is 4.74 Å². The molecule has 16 heavy (non-hydrogen) atoms. The minimum absolute atomic E-state index is 0.281. The van der Waals surface area contributed by atoms with Crippen molar-refractivity contribution in [2.24, 2.45) is 0 Å². The average molecular weight is 235 g/mol. The van der Waals surface area contributed by atoms with Gasteiger partial charge in [0.2, 0.25) is 0 Å². The van der Waals surface area contributed by atoms with Crippen molar-refractivity contribution in [3.63, 3.8) is 0 Å². The Morgan fingerprint density at radius 2 is 2.06 bits per heavy atom. The number of methoxy groups -OCH3 is 1. The SMILES string of the molecule is COc1ccc(-c2nc(C)c(O)s2)cc1C. The van der Waals surface area contributed by atoms with Gasteiger partial charge >= 0.3 is 0 Å². The largest absolute Gasteiger partial charge is 0.498 e. The summed E-state index contributed by atoms with van der Waals surface area (Å²) in [6.45, 7) is 3.79. The maximum absolute atomic E-state index is 9.50. The van der Waals surface area contributed by atoms with E-state index in [0.717, 1.165) is 21.9 Å². The van der Waals surface area contributed by atoms with E-state index in [1.807, 2.05) is 25.1 Å². The summed E-state index contributed by atoms with van der Waals surface area (Å²) in [5, 5.41) is 10.6. The molecule has 84 valence electrons. The Bertz CT molecular complexity index is 500. The molecule has 1 aromatic carbocycles. The molecule has 2 aromatic rings. The van der Waals surface area contributed by atoms with Crippen LogP contribution >= 0.6 is 11.3 Å². The Labute approximate surface area is 98.4 Å². The number of aryl methyl sites for hydroxylation is 2. The standard InChI is InChI=1S/C12H13NO2S/c1-7-6-9(4-5-10(7)15-3)11-13-8(2)12(14)16-11/h4-6,14H,1-3H3. The zero-order valence-electron chi connectivity index (χ0n) is 9.44. The zero-order chi connectivity index (χ0) is 11.7. The molecule has 0 unspecified atom stereocenters. The Balaban J connectivity index is 2.45. The molecule has 0 atom stereocenters. The van der Waals surface area contributed by atoms with Crippen molar-refractivity contribution in [2.75, 3.05) is 7.11 Å². The highest BCUT2D eigenvalue weighted by atomic mass is 32.1. The van der Waals surface area contributed by atoms with Crippen LogP contribution in [0.15, 0.2) is 18.2 Å². The molecule has 0 fully saturated rings. The Morgan fingerprint density at radius 1 is 1.31 bits per heavy atom. The van der Waals surface area contributed by atoms with E-state index in [0.29, 0.717) is 5.69 Å². The molecule has 0 saturated heterocycles. The number of hydrogen-bond donors (Lipinski definition) is 1. The third kappa shape index (κ3) is 1.88. The molecule has 0 saturated carbocycles. The molecule has 0 bridgehead atoms. The smallest absolute Gasteiger partial charge is 0.195 e. The van der Waals surface area contributed by atoms with Crippen molar-refractivity contribution < 1.29 is 9.84 Å². The van der Waals surface area contributed by atoms with Crippen LogP contribution in [0.2, 0.25) is 0 Å². The Morgan fingerprint density at radius 3 is 2.56 bits per heavy atom. The number of ether oxygens (including phenoxy) is 1. The molecule has 3 nitrogen and oxygen atoms in total. The number of aromatic hydroxyl groups is 1. The molecule has 0 aliphatic heterocycles. The minimum Gasteiger partial charge on any atom is -0.498 e. The van der Waals surface area contributed by atoms with Crippen LogP contribution in [0.4, 0.5) is 0 Å². The normalized spacial score (nSPS) is 10.4. The highest BCUT2D eigenvalue weighted by Gasteiger charge is 2.09. The van der Waals surface area contributed by atoms with Gasteiger partial charge < -0.3 is 9.84 Å². The highest BCUT2D eigenvalue weighted by Crippen LogP contribution is 2.34. The summed E-state index contributed by atoms with van der Waals surface area (Å²) in [6.07, 6.45) is 0. The number of thiazole rings is 1. The van der Waals surface area contributed by atoms with Crippen LogP contribution in [0.5, 0.6) is 10.8 Å². The lowest BCUT2D eigenvalue weighted by Crippen LogP contribution is -1.87. The topological polar surface area (TPSA) is 42.4 Å². The van der Waals surface area contributed by atoms with Crippen LogP contribution < -0.4 is 4.74 Å². The van der Waals surface area contributed by atoms with Gasteiger partial charge in [-0.3, -0.25) is 0 Å². The average Bonchev–Trinajstić information content (AvgIpc) is 2.59. The molecular formula is C12H13NO2S. The van der Waals surface area contributed by atoms with E-state index in [1.54, 1.807) is 14.0 Å². The highest BCUT2D eigenvalue weighted by molar-refractivity contribution is 7.16. The van der Waals surface area contributed by atoms with Crippen molar-refractivity contribution in [1.82, 2.24) is 4.98 Å². The summed E-state index contributed by atoms with van der Waals surface area (Å²) in [5.41, 5.74) is 2.74. The lowest BCUT2D eigenvalue weighted by Gasteiger charge is -2.05. The first-order valence-corrected chi connectivity index (χ1v) is 5.75. The Kier molecular flexibility index (Phi) is 2.83. The second-order valence-electron chi connectivity index (χ2n) is 3.59. The second kappa shape index (κ2) is 4.14. The van der Waals surface area contributed by atoms with Crippen molar-refractivity contribution in [3.05, 3.63) is 29.5 Å². The molecule has 0 aliphatic carbocycles. The van der Waals surface area contributed by atoms with Crippen LogP contribution in [0.3, 0.4) is 0 Å². The number of hydrogen-bond acceptors (Lipinski definition) is 4. The summed E-state index contributed by atoms with van der Waals surface area (Å²) < 4.78 is 5.20. The van der Waals surface area contributed by atoms with Gasteiger partial charge in [0, 0.05) is 5.56 Å².